The summed E-state index contributed by atoms with van der Waals surface area (Å²) in [6, 6.07) is 2.23. The van der Waals surface area contributed by atoms with Gasteiger partial charge in [0.1, 0.15) is 5.75 Å². The van der Waals surface area contributed by atoms with Crippen LogP contribution in [-0.4, -0.2) is 48.2 Å². The minimum absolute atomic E-state index is 0.0237. The topological polar surface area (TPSA) is 114 Å². The van der Waals surface area contributed by atoms with Gasteiger partial charge in [-0.2, -0.15) is 0 Å². The molecule has 3 aliphatic carbocycles. The summed E-state index contributed by atoms with van der Waals surface area (Å²) in [6.07, 6.45) is 4.32. The van der Waals surface area contributed by atoms with Crippen molar-refractivity contribution in [2.75, 3.05) is 7.11 Å². The maximum absolute atomic E-state index is 14.9. The Labute approximate surface area is 224 Å². The van der Waals surface area contributed by atoms with Gasteiger partial charge in [0.15, 0.2) is 11.6 Å². The van der Waals surface area contributed by atoms with Crippen LogP contribution in [0.1, 0.15) is 83.0 Å². The minimum atomic E-state index is -0.836. The molecule has 9 heteroatoms. The zero-order valence-electron chi connectivity index (χ0n) is 23.0. The van der Waals surface area contributed by atoms with Gasteiger partial charge in [0.05, 0.1) is 30.1 Å². The average molecular weight is 533 g/mol. The molecule has 2 amide bonds. The summed E-state index contributed by atoms with van der Waals surface area (Å²) in [6.45, 7) is 7.82. The second-order valence-corrected chi connectivity index (χ2v) is 12.1. The summed E-state index contributed by atoms with van der Waals surface area (Å²) in [5, 5.41) is 15.7. The fraction of sp³-hybridized carbons (Fsp3) is 0.690. The molecule has 0 radical (unpaired) electrons. The standard InChI is InChI=1S/C29H41FN2O6/c1-15(2)16(3)31-27(34)24-17-6-7-18(12-17)25(24)32-26(33)20-13-23(21(30)14-22(20)37-5)38-19-8-10-29(4,11-9-19)28(35)36/h13-19,24-25H,6-12H2,1-5H3,(H,31,34)(H,32,33)(H,35,36)/t16-,17-,18+,19-,24+,25-,29+/m1/s1. The number of hydrogen-bond donors (Lipinski definition) is 3. The molecule has 0 saturated heterocycles. The number of hydrogen-bond acceptors (Lipinski definition) is 5. The largest absolute Gasteiger partial charge is 0.496 e. The second kappa shape index (κ2) is 11.1. The first-order chi connectivity index (χ1) is 17.9. The van der Waals surface area contributed by atoms with Crippen molar-refractivity contribution in [2.24, 2.45) is 29.1 Å². The lowest BCUT2D eigenvalue weighted by molar-refractivity contribution is -0.150. The normalized spacial score (nSPS) is 31.1. The van der Waals surface area contributed by atoms with Crippen molar-refractivity contribution in [1.29, 1.82) is 0 Å². The van der Waals surface area contributed by atoms with E-state index in [4.69, 9.17) is 9.47 Å². The maximum Gasteiger partial charge on any atom is 0.309 e. The molecule has 3 aliphatic rings. The van der Waals surface area contributed by atoms with Gasteiger partial charge in [0.25, 0.3) is 5.91 Å². The van der Waals surface area contributed by atoms with E-state index in [1.807, 2.05) is 6.92 Å². The number of methoxy groups -OCH3 is 1. The monoisotopic (exact) mass is 532 g/mol. The number of ether oxygens (including phenoxy) is 2. The number of carbonyl (C=O) groups is 3. The van der Waals surface area contributed by atoms with Crippen LogP contribution in [-0.2, 0) is 9.59 Å². The predicted molar refractivity (Wildman–Crippen MR) is 140 cm³/mol. The first-order valence-corrected chi connectivity index (χ1v) is 13.8. The number of fused-ring (bicyclic) bond motifs is 2. The summed E-state index contributed by atoms with van der Waals surface area (Å²) < 4.78 is 26.2. The molecule has 5 atom stereocenters. The molecule has 1 aromatic carbocycles. The fourth-order valence-electron chi connectivity index (χ4n) is 6.30. The lowest BCUT2D eigenvalue weighted by atomic mass is 9.75. The van der Waals surface area contributed by atoms with E-state index < -0.39 is 23.1 Å². The quantitative estimate of drug-likeness (QED) is 0.430. The number of carbonyl (C=O) groups excluding carboxylic acids is 2. The highest BCUT2D eigenvalue weighted by Crippen LogP contribution is 2.49. The van der Waals surface area contributed by atoms with Crippen LogP contribution in [0.5, 0.6) is 11.5 Å². The van der Waals surface area contributed by atoms with E-state index in [0.29, 0.717) is 31.6 Å². The van der Waals surface area contributed by atoms with E-state index in [-0.39, 0.29) is 58.9 Å². The van der Waals surface area contributed by atoms with Gasteiger partial charge in [0.2, 0.25) is 5.91 Å². The number of aliphatic carboxylic acids is 1. The number of nitrogens with one attached hydrogen (secondary N) is 2. The first kappa shape index (κ1) is 28.2. The zero-order valence-corrected chi connectivity index (χ0v) is 23.0. The van der Waals surface area contributed by atoms with Crippen molar-refractivity contribution in [3.8, 4) is 11.5 Å². The van der Waals surface area contributed by atoms with Gasteiger partial charge in [0, 0.05) is 18.2 Å². The molecule has 3 N–H and O–H groups in total. The molecule has 0 spiro atoms. The molecular weight excluding hydrogens is 491 g/mol. The highest BCUT2D eigenvalue weighted by Gasteiger charge is 2.51. The first-order valence-electron chi connectivity index (χ1n) is 13.8. The number of amides is 2. The smallest absolute Gasteiger partial charge is 0.309 e. The Morgan fingerprint density at radius 1 is 1.05 bits per heavy atom. The Morgan fingerprint density at radius 2 is 1.71 bits per heavy atom. The van der Waals surface area contributed by atoms with Crippen LogP contribution in [0.2, 0.25) is 0 Å². The number of halogens is 1. The third-order valence-corrected chi connectivity index (χ3v) is 9.23. The van der Waals surface area contributed by atoms with E-state index >= 15 is 0 Å². The van der Waals surface area contributed by atoms with Gasteiger partial charge in [-0.15, -0.1) is 0 Å². The van der Waals surface area contributed by atoms with Gasteiger partial charge < -0.3 is 25.2 Å². The molecule has 0 aliphatic heterocycles. The Bertz CT molecular complexity index is 1070. The molecule has 0 aromatic heterocycles. The van der Waals surface area contributed by atoms with E-state index in [9.17, 15) is 23.9 Å². The van der Waals surface area contributed by atoms with Crippen LogP contribution in [0, 0.1) is 34.9 Å². The van der Waals surface area contributed by atoms with Crippen LogP contribution in [0.4, 0.5) is 4.39 Å². The van der Waals surface area contributed by atoms with Crippen LogP contribution in [0.25, 0.3) is 0 Å². The second-order valence-electron chi connectivity index (χ2n) is 12.1. The fourth-order valence-corrected chi connectivity index (χ4v) is 6.30. The Hall–Kier alpha value is -2.84. The summed E-state index contributed by atoms with van der Waals surface area (Å²) in [5.74, 6) is -1.45. The highest BCUT2D eigenvalue weighted by atomic mass is 19.1. The van der Waals surface area contributed by atoms with E-state index in [1.165, 1.54) is 13.2 Å². The summed E-state index contributed by atoms with van der Waals surface area (Å²) in [4.78, 5) is 38.3. The summed E-state index contributed by atoms with van der Waals surface area (Å²) >= 11 is 0. The molecule has 3 fully saturated rings. The molecule has 3 saturated carbocycles. The summed E-state index contributed by atoms with van der Waals surface area (Å²) in [7, 11) is 1.38. The lowest BCUT2D eigenvalue weighted by Gasteiger charge is -2.34. The lowest BCUT2D eigenvalue weighted by Crippen LogP contribution is -2.51. The minimum Gasteiger partial charge on any atom is -0.496 e. The van der Waals surface area contributed by atoms with Crippen LogP contribution < -0.4 is 20.1 Å². The number of carboxylic acid groups (broad SMARTS) is 1. The van der Waals surface area contributed by atoms with Crippen molar-refractivity contribution in [3.63, 3.8) is 0 Å². The maximum atomic E-state index is 14.9. The molecule has 0 heterocycles. The molecule has 1 aromatic rings. The van der Waals surface area contributed by atoms with Crippen molar-refractivity contribution >= 4 is 17.8 Å². The Morgan fingerprint density at radius 3 is 2.32 bits per heavy atom. The summed E-state index contributed by atoms with van der Waals surface area (Å²) in [5.41, 5.74) is -0.660. The SMILES string of the molecule is COc1cc(F)c(O[C@H]2CC[C@@](C)(C(=O)O)CC2)cc1C(=O)N[C@@H]1[C@H]2CC[C@H](C2)[C@@H]1C(=O)N[C@H](C)C(C)C. The number of carboxylic acids is 1. The van der Waals surface area contributed by atoms with E-state index in [2.05, 4.69) is 24.5 Å². The molecule has 8 nitrogen and oxygen atoms in total. The molecule has 2 bridgehead atoms. The predicted octanol–water partition coefficient (Wildman–Crippen LogP) is 4.55. The third-order valence-electron chi connectivity index (χ3n) is 9.23. The van der Waals surface area contributed by atoms with E-state index in [0.717, 1.165) is 25.3 Å². The Balaban J connectivity index is 1.49. The van der Waals surface area contributed by atoms with Gasteiger partial charge in [-0.05, 0) is 82.6 Å². The number of benzene rings is 1. The van der Waals surface area contributed by atoms with Crippen molar-refractivity contribution in [2.45, 2.75) is 90.8 Å². The van der Waals surface area contributed by atoms with Gasteiger partial charge >= 0.3 is 5.97 Å². The number of rotatable bonds is 9. The van der Waals surface area contributed by atoms with Crippen molar-refractivity contribution in [3.05, 3.63) is 23.5 Å². The molecular formula is C29H41FN2O6. The highest BCUT2D eigenvalue weighted by molar-refractivity contribution is 5.98. The van der Waals surface area contributed by atoms with Crippen LogP contribution in [0.15, 0.2) is 12.1 Å². The molecule has 38 heavy (non-hydrogen) atoms. The molecule has 210 valence electrons. The van der Waals surface area contributed by atoms with E-state index in [1.54, 1.807) is 6.92 Å². The van der Waals surface area contributed by atoms with Crippen LogP contribution in [0.3, 0.4) is 0 Å². The van der Waals surface area contributed by atoms with Gasteiger partial charge in [-0.25, -0.2) is 4.39 Å². The molecule has 0 unspecified atom stereocenters. The zero-order chi connectivity index (χ0) is 27.8. The molecule has 4 rings (SSSR count). The third kappa shape index (κ3) is 5.61. The average Bonchev–Trinajstić information content (AvgIpc) is 3.48. The van der Waals surface area contributed by atoms with Crippen LogP contribution >= 0.6 is 0 Å². The van der Waals surface area contributed by atoms with Gasteiger partial charge in [-0.1, -0.05) is 13.8 Å². The Kier molecular flexibility index (Phi) is 8.23. The van der Waals surface area contributed by atoms with Crippen molar-refractivity contribution in [1.82, 2.24) is 10.6 Å². The van der Waals surface area contributed by atoms with Crippen molar-refractivity contribution < 1.29 is 33.4 Å². The van der Waals surface area contributed by atoms with Gasteiger partial charge in [-0.3, -0.25) is 14.4 Å².